The van der Waals surface area contributed by atoms with Crippen molar-refractivity contribution in [3.05, 3.63) is 46.7 Å². The van der Waals surface area contributed by atoms with Gasteiger partial charge in [0.25, 0.3) is 0 Å². The van der Waals surface area contributed by atoms with Gasteiger partial charge in [0.05, 0.1) is 17.6 Å². The largest absolute Gasteiger partial charge is 0.383 e. The third-order valence-electron chi connectivity index (χ3n) is 4.03. The van der Waals surface area contributed by atoms with Crippen LogP contribution in [0.15, 0.2) is 18.3 Å². The highest BCUT2D eigenvalue weighted by molar-refractivity contribution is 5.91. The third-order valence-corrected chi connectivity index (χ3v) is 4.03. The molecule has 0 aliphatic rings. The zero-order valence-electron chi connectivity index (χ0n) is 12.8. The maximum Gasteiger partial charge on any atom is 0.146 e. The van der Waals surface area contributed by atoms with E-state index in [-0.39, 0.29) is 0 Å². The molecule has 3 aromatic rings. The molecule has 0 fully saturated rings. The molecule has 0 aromatic carbocycles. The van der Waals surface area contributed by atoms with Gasteiger partial charge < -0.3 is 10.3 Å². The minimum Gasteiger partial charge on any atom is -0.383 e. The zero-order valence-corrected chi connectivity index (χ0v) is 12.8. The van der Waals surface area contributed by atoms with E-state index < -0.39 is 0 Å². The average molecular weight is 281 g/mol. The van der Waals surface area contributed by atoms with E-state index in [4.69, 9.17) is 5.73 Å². The molecule has 3 rings (SSSR count). The predicted octanol–water partition coefficient (Wildman–Crippen LogP) is 2.69. The Kier molecular flexibility index (Phi) is 3.12. The molecule has 108 valence electrons. The van der Waals surface area contributed by atoms with E-state index in [1.54, 1.807) is 0 Å². The van der Waals surface area contributed by atoms with Gasteiger partial charge in [-0.15, -0.1) is 0 Å². The van der Waals surface area contributed by atoms with E-state index in [1.807, 2.05) is 19.2 Å². The van der Waals surface area contributed by atoms with E-state index in [0.29, 0.717) is 18.2 Å². The van der Waals surface area contributed by atoms with Crippen molar-refractivity contribution in [2.75, 3.05) is 5.73 Å². The van der Waals surface area contributed by atoms with Crippen molar-refractivity contribution in [3.63, 3.8) is 0 Å². The molecule has 0 atom stereocenters. The van der Waals surface area contributed by atoms with Crippen LogP contribution in [-0.4, -0.2) is 19.5 Å². The summed E-state index contributed by atoms with van der Waals surface area (Å²) in [5.74, 6) is 1.24. The van der Waals surface area contributed by atoms with E-state index in [1.165, 1.54) is 5.56 Å². The molecule has 2 N–H and O–H groups in total. The van der Waals surface area contributed by atoms with Gasteiger partial charge in [0.2, 0.25) is 0 Å². The smallest absolute Gasteiger partial charge is 0.146 e. The second-order valence-electron chi connectivity index (χ2n) is 5.42. The van der Waals surface area contributed by atoms with Gasteiger partial charge in [-0.05, 0) is 44.9 Å². The standard InChI is InChI=1S/C16H19N5/c1-9-6-5-7-18-13(9)8-21-11(3)10(2)14-15(17)19-12(4)20-16(14)21/h5-7H,8H2,1-4H3,(H2,17,19,20). The fraction of sp³-hybridized carbons (Fsp3) is 0.312. The summed E-state index contributed by atoms with van der Waals surface area (Å²) in [7, 11) is 0. The summed E-state index contributed by atoms with van der Waals surface area (Å²) in [5, 5.41) is 0.951. The molecule has 0 unspecified atom stereocenters. The van der Waals surface area contributed by atoms with E-state index in [9.17, 15) is 0 Å². The third kappa shape index (κ3) is 2.14. The topological polar surface area (TPSA) is 69.6 Å². The van der Waals surface area contributed by atoms with Crippen LogP contribution in [0.4, 0.5) is 5.82 Å². The lowest BCUT2D eigenvalue weighted by Gasteiger charge is -2.09. The van der Waals surface area contributed by atoms with Crippen LogP contribution in [0.2, 0.25) is 0 Å². The molecule has 5 heteroatoms. The van der Waals surface area contributed by atoms with Crippen LogP contribution in [0, 0.1) is 27.7 Å². The van der Waals surface area contributed by atoms with Gasteiger partial charge in [0, 0.05) is 11.9 Å². The van der Waals surface area contributed by atoms with Crippen LogP contribution in [0.25, 0.3) is 11.0 Å². The first-order valence-electron chi connectivity index (χ1n) is 6.99. The first-order chi connectivity index (χ1) is 9.99. The molecule has 0 amide bonds. The number of aromatic nitrogens is 4. The SMILES string of the molecule is Cc1nc(N)c2c(C)c(C)n(Cc3ncccc3C)c2n1. The summed E-state index contributed by atoms with van der Waals surface area (Å²) in [4.78, 5) is 13.3. The van der Waals surface area contributed by atoms with Crippen LogP contribution >= 0.6 is 0 Å². The molecular weight excluding hydrogens is 262 g/mol. The molecule has 5 nitrogen and oxygen atoms in total. The van der Waals surface area contributed by atoms with Crippen LogP contribution in [-0.2, 0) is 6.54 Å². The van der Waals surface area contributed by atoms with Crippen molar-refractivity contribution in [1.29, 1.82) is 0 Å². The molecule has 3 heterocycles. The van der Waals surface area contributed by atoms with E-state index >= 15 is 0 Å². The van der Waals surface area contributed by atoms with Crippen molar-refractivity contribution < 1.29 is 0 Å². The van der Waals surface area contributed by atoms with Gasteiger partial charge in [-0.3, -0.25) is 4.98 Å². The molecule has 0 aliphatic carbocycles. The average Bonchev–Trinajstić information content (AvgIpc) is 2.66. The molecule has 0 bridgehead atoms. The minimum atomic E-state index is 0.551. The van der Waals surface area contributed by atoms with Gasteiger partial charge in [-0.2, -0.15) is 0 Å². The van der Waals surface area contributed by atoms with Crippen molar-refractivity contribution in [2.24, 2.45) is 0 Å². The quantitative estimate of drug-likeness (QED) is 0.784. The Morgan fingerprint density at radius 2 is 1.90 bits per heavy atom. The molecule has 0 radical (unpaired) electrons. The molecule has 21 heavy (non-hydrogen) atoms. The van der Waals surface area contributed by atoms with Gasteiger partial charge in [0.15, 0.2) is 0 Å². The number of aryl methyl sites for hydroxylation is 3. The first kappa shape index (κ1) is 13.5. The fourth-order valence-electron chi connectivity index (χ4n) is 2.70. The second kappa shape index (κ2) is 4.84. The Morgan fingerprint density at radius 3 is 2.62 bits per heavy atom. The van der Waals surface area contributed by atoms with Gasteiger partial charge >= 0.3 is 0 Å². The number of nitrogen functional groups attached to an aromatic ring is 1. The monoisotopic (exact) mass is 281 g/mol. The Hall–Kier alpha value is -2.43. The molecule has 0 saturated heterocycles. The number of anilines is 1. The number of hydrogen-bond acceptors (Lipinski definition) is 4. The maximum absolute atomic E-state index is 6.08. The summed E-state index contributed by atoms with van der Waals surface area (Å²) in [6, 6.07) is 4.03. The Labute approximate surface area is 123 Å². The van der Waals surface area contributed by atoms with E-state index in [0.717, 1.165) is 28.0 Å². The minimum absolute atomic E-state index is 0.551. The number of nitrogens with zero attached hydrogens (tertiary/aromatic N) is 4. The summed E-state index contributed by atoms with van der Waals surface area (Å²) >= 11 is 0. The van der Waals surface area contributed by atoms with E-state index in [2.05, 4.69) is 46.4 Å². The van der Waals surface area contributed by atoms with Crippen molar-refractivity contribution in [2.45, 2.75) is 34.2 Å². The first-order valence-corrected chi connectivity index (χ1v) is 6.99. The molecular formula is C16H19N5. The van der Waals surface area contributed by atoms with Crippen molar-refractivity contribution >= 4 is 16.9 Å². The van der Waals surface area contributed by atoms with Crippen LogP contribution in [0.1, 0.15) is 28.3 Å². The fourth-order valence-corrected chi connectivity index (χ4v) is 2.70. The normalized spacial score (nSPS) is 11.2. The number of pyridine rings is 1. The highest BCUT2D eigenvalue weighted by Gasteiger charge is 2.17. The Bertz CT molecular complexity index is 832. The van der Waals surface area contributed by atoms with Gasteiger partial charge in [-0.1, -0.05) is 6.07 Å². The summed E-state index contributed by atoms with van der Waals surface area (Å²) in [5.41, 5.74) is 11.5. The highest BCUT2D eigenvalue weighted by atomic mass is 15.1. The van der Waals surface area contributed by atoms with Crippen molar-refractivity contribution in [1.82, 2.24) is 19.5 Å². The summed E-state index contributed by atoms with van der Waals surface area (Å²) < 4.78 is 2.17. The maximum atomic E-state index is 6.08. The lowest BCUT2D eigenvalue weighted by Crippen LogP contribution is -2.07. The summed E-state index contributed by atoms with van der Waals surface area (Å²) in [6.07, 6.45) is 1.82. The van der Waals surface area contributed by atoms with Crippen LogP contribution in [0.3, 0.4) is 0 Å². The molecule has 0 aliphatic heterocycles. The lowest BCUT2D eigenvalue weighted by atomic mass is 10.2. The summed E-state index contributed by atoms with van der Waals surface area (Å²) in [6.45, 7) is 8.78. The highest BCUT2D eigenvalue weighted by Crippen LogP contribution is 2.28. The lowest BCUT2D eigenvalue weighted by molar-refractivity contribution is 0.760. The number of nitrogens with two attached hydrogens (primary N) is 1. The predicted molar refractivity (Wildman–Crippen MR) is 84.2 cm³/mol. The Morgan fingerprint density at radius 1 is 1.14 bits per heavy atom. The van der Waals surface area contributed by atoms with Crippen LogP contribution in [0.5, 0.6) is 0 Å². The molecule has 0 spiro atoms. The number of fused-ring (bicyclic) bond motifs is 1. The zero-order chi connectivity index (χ0) is 15.1. The van der Waals surface area contributed by atoms with Gasteiger partial charge in [0.1, 0.15) is 17.3 Å². The second-order valence-corrected chi connectivity index (χ2v) is 5.42. The number of hydrogen-bond donors (Lipinski definition) is 1. The van der Waals surface area contributed by atoms with Crippen LogP contribution < -0.4 is 5.73 Å². The molecule has 0 saturated carbocycles. The molecule has 3 aromatic heterocycles. The van der Waals surface area contributed by atoms with Gasteiger partial charge in [-0.25, -0.2) is 9.97 Å². The number of rotatable bonds is 2. The van der Waals surface area contributed by atoms with Crippen molar-refractivity contribution in [3.8, 4) is 0 Å². The Balaban J connectivity index is 2.23.